The number of aliphatic carboxylic acids is 2. The lowest BCUT2D eigenvalue weighted by atomic mass is 9.96. The van der Waals surface area contributed by atoms with E-state index in [1.54, 1.807) is 13.1 Å². The Kier molecular flexibility index (Phi) is 7.40. The molecule has 0 bridgehead atoms. The molecule has 2 aromatic heterocycles. The lowest BCUT2D eigenvalue weighted by Crippen LogP contribution is -2.43. The number of nitrogens with two attached hydrogens (primary N) is 1. The van der Waals surface area contributed by atoms with Crippen LogP contribution in [-0.2, 0) is 32.1 Å². The summed E-state index contributed by atoms with van der Waals surface area (Å²) in [5.41, 5.74) is 6.82. The number of carboxylic acid groups (broad SMARTS) is 2. The van der Waals surface area contributed by atoms with Gasteiger partial charge in [-0.2, -0.15) is 4.57 Å². The molecule has 30 heavy (non-hydrogen) atoms. The highest BCUT2D eigenvalue weighted by Gasteiger charge is 2.41. The molecule has 5 N–H and O–H groups in total. The number of aliphatic hydroxyl groups is 1. The summed E-state index contributed by atoms with van der Waals surface area (Å²) in [7, 11) is 0. The predicted octanol–water partition coefficient (Wildman–Crippen LogP) is -0.161. The van der Waals surface area contributed by atoms with Crippen molar-refractivity contribution in [3.63, 3.8) is 0 Å². The Morgan fingerprint density at radius 1 is 1.27 bits per heavy atom. The number of aryl methyl sites for hydroxylation is 1. The maximum atomic E-state index is 11.9. The second-order valence-corrected chi connectivity index (χ2v) is 7.68. The number of hydrogen-bond acceptors (Lipinski definition) is 9. The van der Waals surface area contributed by atoms with Gasteiger partial charge in [0, 0.05) is 19.5 Å². The third kappa shape index (κ3) is 5.94. The molecule has 2 heterocycles. The molecule has 0 fully saturated rings. The Balaban J connectivity index is 1.93. The van der Waals surface area contributed by atoms with Gasteiger partial charge < -0.3 is 25.8 Å². The van der Waals surface area contributed by atoms with Crippen molar-refractivity contribution in [3.05, 3.63) is 33.7 Å². The molecule has 0 saturated carbocycles. The first-order valence-corrected chi connectivity index (χ1v) is 9.77. The molecule has 1 unspecified atom stereocenters. The Labute approximate surface area is 175 Å². The van der Waals surface area contributed by atoms with Crippen LogP contribution in [0.5, 0.6) is 0 Å². The first-order valence-electron chi connectivity index (χ1n) is 8.89. The van der Waals surface area contributed by atoms with Gasteiger partial charge in [0.15, 0.2) is 17.8 Å². The SMILES string of the molecule is Cc1ncc(C[n+]2csc(CCOC(=O)CC(O)(CC(=O)O)C(=O)O)c2C)c(N)n1. The number of hydrogen-bond donors (Lipinski definition) is 4. The molecule has 0 aliphatic carbocycles. The minimum Gasteiger partial charge on any atom is -0.481 e. The molecule has 0 saturated heterocycles. The molecule has 0 aliphatic rings. The molecule has 2 aromatic rings. The molecule has 0 aromatic carbocycles. The summed E-state index contributed by atoms with van der Waals surface area (Å²) in [5.74, 6) is -3.33. The maximum Gasteiger partial charge on any atom is 0.336 e. The third-order valence-electron chi connectivity index (χ3n) is 4.39. The Morgan fingerprint density at radius 2 is 1.97 bits per heavy atom. The summed E-state index contributed by atoms with van der Waals surface area (Å²) in [6.07, 6.45) is -0.0123. The number of nitrogen functional groups attached to an aromatic ring is 1. The zero-order valence-electron chi connectivity index (χ0n) is 16.5. The summed E-state index contributed by atoms with van der Waals surface area (Å²) in [4.78, 5) is 42.9. The van der Waals surface area contributed by atoms with Gasteiger partial charge in [0.05, 0.1) is 29.9 Å². The average molecular weight is 439 g/mol. The smallest absolute Gasteiger partial charge is 0.336 e. The minimum absolute atomic E-state index is 0.0429. The molecule has 11 nitrogen and oxygen atoms in total. The zero-order chi connectivity index (χ0) is 22.5. The second kappa shape index (κ2) is 9.59. The minimum atomic E-state index is -2.71. The molecule has 12 heteroatoms. The fourth-order valence-corrected chi connectivity index (χ4v) is 3.65. The Morgan fingerprint density at radius 3 is 2.57 bits per heavy atom. The van der Waals surface area contributed by atoms with Gasteiger partial charge in [0.2, 0.25) is 5.51 Å². The van der Waals surface area contributed by atoms with Gasteiger partial charge in [-0.1, -0.05) is 11.3 Å². The van der Waals surface area contributed by atoms with Crippen LogP contribution in [0.25, 0.3) is 0 Å². The molecule has 0 spiro atoms. The van der Waals surface area contributed by atoms with E-state index in [1.807, 2.05) is 17.0 Å². The molecule has 2 rings (SSSR count). The lowest BCUT2D eigenvalue weighted by molar-refractivity contribution is -0.689. The molecule has 0 radical (unpaired) electrons. The van der Waals surface area contributed by atoms with E-state index in [2.05, 4.69) is 9.97 Å². The van der Waals surface area contributed by atoms with E-state index in [0.717, 1.165) is 16.1 Å². The monoisotopic (exact) mass is 439 g/mol. The van der Waals surface area contributed by atoms with Crippen LogP contribution in [0.4, 0.5) is 5.82 Å². The van der Waals surface area contributed by atoms with Gasteiger partial charge in [-0.25, -0.2) is 14.8 Å². The van der Waals surface area contributed by atoms with Crippen molar-refractivity contribution in [2.24, 2.45) is 0 Å². The topological polar surface area (TPSA) is 177 Å². The number of anilines is 1. The van der Waals surface area contributed by atoms with Crippen molar-refractivity contribution in [1.82, 2.24) is 9.97 Å². The van der Waals surface area contributed by atoms with E-state index in [-0.39, 0.29) is 6.61 Å². The predicted molar refractivity (Wildman–Crippen MR) is 104 cm³/mol. The summed E-state index contributed by atoms with van der Waals surface area (Å²) in [5, 5.41) is 27.6. The van der Waals surface area contributed by atoms with Crippen LogP contribution in [0, 0.1) is 13.8 Å². The fourth-order valence-electron chi connectivity index (χ4n) is 2.68. The Hall–Kier alpha value is -3.12. The average Bonchev–Trinajstić information content (AvgIpc) is 2.96. The van der Waals surface area contributed by atoms with Gasteiger partial charge in [-0.15, -0.1) is 0 Å². The van der Waals surface area contributed by atoms with Crippen LogP contribution in [0.15, 0.2) is 11.7 Å². The third-order valence-corrected chi connectivity index (χ3v) is 5.53. The van der Waals surface area contributed by atoms with Crippen molar-refractivity contribution < 1.29 is 39.0 Å². The highest BCUT2D eigenvalue weighted by molar-refractivity contribution is 7.09. The zero-order valence-corrected chi connectivity index (χ0v) is 17.3. The van der Waals surface area contributed by atoms with Crippen LogP contribution >= 0.6 is 11.3 Å². The summed E-state index contributed by atoms with van der Waals surface area (Å²) < 4.78 is 6.95. The summed E-state index contributed by atoms with van der Waals surface area (Å²) in [6.45, 7) is 4.09. The number of aromatic nitrogens is 3. The molecule has 162 valence electrons. The number of esters is 1. The number of carbonyl (C=O) groups is 3. The standard InChI is InChI=1S/C18H22N4O7S/c1-10-13(30-9-22(10)8-12-7-20-11(2)21-16(12)19)3-4-29-15(25)6-18(28,17(26)27)5-14(23)24/h7,9,28H,3-6,8H2,1-2H3,(H3-,19,20,21,23,24,26,27)/p+1. The number of rotatable bonds is 10. The first-order chi connectivity index (χ1) is 14.0. The van der Waals surface area contributed by atoms with E-state index >= 15 is 0 Å². The van der Waals surface area contributed by atoms with E-state index in [9.17, 15) is 19.5 Å². The second-order valence-electron chi connectivity index (χ2n) is 6.74. The maximum absolute atomic E-state index is 11.9. The van der Waals surface area contributed by atoms with Gasteiger partial charge >= 0.3 is 17.9 Å². The van der Waals surface area contributed by atoms with Crippen LogP contribution in [0.1, 0.15) is 34.8 Å². The van der Waals surface area contributed by atoms with E-state index in [1.165, 1.54) is 11.3 Å². The van der Waals surface area contributed by atoms with E-state index < -0.39 is 36.4 Å². The highest BCUT2D eigenvalue weighted by atomic mass is 32.1. The molecule has 0 aliphatic heterocycles. The number of ether oxygens (including phenoxy) is 1. The van der Waals surface area contributed by atoms with E-state index in [4.69, 9.17) is 20.7 Å². The highest BCUT2D eigenvalue weighted by Crippen LogP contribution is 2.18. The summed E-state index contributed by atoms with van der Waals surface area (Å²) in [6, 6.07) is 0. The van der Waals surface area contributed by atoms with Gasteiger partial charge in [-0.3, -0.25) is 9.59 Å². The Bertz CT molecular complexity index is 962. The van der Waals surface area contributed by atoms with Crippen LogP contribution in [-0.4, -0.2) is 55.4 Å². The van der Waals surface area contributed by atoms with Crippen molar-refractivity contribution in [1.29, 1.82) is 0 Å². The van der Waals surface area contributed by atoms with Gasteiger partial charge in [-0.05, 0) is 6.92 Å². The van der Waals surface area contributed by atoms with Crippen molar-refractivity contribution >= 4 is 35.1 Å². The number of nitrogens with zero attached hydrogens (tertiary/aromatic N) is 3. The van der Waals surface area contributed by atoms with Gasteiger partial charge in [0.25, 0.3) is 0 Å². The molecule has 0 amide bonds. The van der Waals surface area contributed by atoms with E-state index in [0.29, 0.717) is 24.6 Å². The van der Waals surface area contributed by atoms with Crippen molar-refractivity contribution in [3.8, 4) is 0 Å². The molecular weight excluding hydrogens is 416 g/mol. The quantitative estimate of drug-likeness (QED) is 0.287. The molecular formula is C18H23N4O7S+. The largest absolute Gasteiger partial charge is 0.481 e. The van der Waals surface area contributed by atoms with Crippen LogP contribution in [0.3, 0.4) is 0 Å². The number of carboxylic acids is 2. The number of carbonyl (C=O) groups excluding carboxylic acids is 1. The lowest BCUT2D eigenvalue weighted by Gasteiger charge is -2.20. The van der Waals surface area contributed by atoms with Gasteiger partial charge in [0.1, 0.15) is 11.6 Å². The van der Waals surface area contributed by atoms with Crippen molar-refractivity contribution in [2.75, 3.05) is 12.3 Å². The normalized spacial score (nSPS) is 12.9. The summed E-state index contributed by atoms with van der Waals surface area (Å²) >= 11 is 1.45. The van der Waals surface area contributed by atoms with Crippen molar-refractivity contribution in [2.45, 2.75) is 45.3 Å². The van der Waals surface area contributed by atoms with Crippen LogP contribution < -0.4 is 10.3 Å². The molecule has 1 atom stereocenters. The van der Waals surface area contributed by atoms with Crippen LogP contribution in [0.2, 0.25) is 0 Å². The number of thiazole rings is 1. The first kappa shape index (κ1) is 23.2. The fraction of sp³-hybridized carbons (Fsp3) is 0.444.